The fourth-order valence-corrected chi connectivity index (χ4v) is 1.28. The minimum atomic E-state index is -2.79. The molecule has 0 bridgehead atoms. The summed E-state index contributed by atoms with van der Waals surface area (Å²) in [6, 6.07) is 6.12. The molecule has 1 rings (SSSR count). The summed E-state index contributed by atoms with van der Waals surface area (Å²) in [5.41, 5.74) is 0.923. The molecule has 0 saturated heterocycles. The largest absolute Gasteiger partial charge is 0.300 e. The first-order valence-corrected chi connectivity index (χ1v) is 8.69. The lowest BCUT2D eigenvalue weighted by molar-refractivity contribution is -0.116. The molecule has 0 spiro atoms. The van der Waals surface area contributed by atoms with Crippen LogP contribution in [-0.2, 0) is 17.1 Å². The van der Waals surface area contributed by atoms with E-state index in [1.807, 2.05) is 0 Å². The number of hydrogen-bond acceptors (Lipinski definition) is 1. The zero-order valence-electron chi connectivity index (χ0n) is 15.7. The van der Waals surface area contributed by atoms with E-state index in [9.17, 15) is 13.6 Å². The van der Waals surface area contributed by atoms with Gasteiger partial charge in [0.05, 0.1) is 0 Å². The fraction of sp³-hybridized carbons (Fsp3) is 0.650. The number of rotatable bonds is 6. The van der Waals surface area contributed by atoms with Crippen molar-refractivity contribution in [2.75, 3.05) is 0 Å². The molecule has 134 valence electrons. The van der Waals surface area contributed by atoms with Crippen LogP contribution < -0.4 is 0 Å². The van der Waals surface area contributed by atoms with E-state index in [0.717, 1.165) is 12.5 Å². The summed E-state index contributed by atoms with van der Waals surface area (Å²) >= 11 is 0. The lowest BCUT2D eigenvalue weighted by Gasteiger charge is -2.10. The molecule has 0 unspecified atom stereocenters. The number of benzene rings is 1. The van der Waals surface area contributed by atoms with Crippen LogP contribution in [0.5, 0.6) is 0 Å². The van der Waals surface area contributed by atoms with E-state index in [1.54, 1.807) is 12.1 Å². The molecule has 0 amide bonds. The zero-order valence-corrected chi connectivity index (χ0v) is 15.7. The first-order valence-electron chi connectivity index (χ1n) is 8.69. The molecule has 0 fully saturated rings. The van der Waals surface area contributed by atoms with Gasteiger partial charge in [-0.25, -0.2) is 8.78 Å². The lowest BCUT2D eigenvalue weighted by atomic mass is 10.0. The van der Waals surface area contributed by atoms with Crippen LogP contribution in [0.1, 0.15) is 84.8 Å². The first-order chi connectivity index (χ1) is 10.7. The normalized spacial score (nSPS) is 10.1. The number of unbranched alkanes of at least 4 members (excludes halogenated alkanes) is 2. The van der Waals surface area contributed by atoms with Gasteiger partial charge in [0.2, 0.25) is 0 Å². The second-order valence-corrected chi connectivity index (χ2v) is 5.79. The van der Waals surface area contributed by atoms with Crippen LogP contribution in [0, 0.1) is 0 Å². The van der Waals surface area contributed by atoms with Crippen LogP contribution in [0.4, 0.5) is 8.78 Å². The maximum Gasteiger partial charge on any atom is 0.270 e. The molecular weight excluding hydrogens is 294 g/mol. The monoisotopic (exact) mass is 328 g/mol. The van der Waals surface area contributed by atoms with E-state index in [2.05, 4.69) is 27.7 Å². The Morgan fingerprint density at radius 1 is 0.913 bits per heavy atom. The number of carbonyl (C=O) groups is 1. The standard InChI is InChI=1S/C12H14F2O.2C4H10/c1-9(15)3-4-10-5-7-11(8-6-10)12(2,13)14;2*1-3-4-2/h5-8H,3-4H2,1-2H3;2*3-4H2,1-2H3. The molecule has 0 radical (unpaired) electrons. The highest BCUT2D eigenvalue weighted by molar-refractivity contribution is 5.75. The third-order valence-electron chi connectivity index (χ3n) is 3.23. The van der Waals surface area contributed by atoms with Gasteiger partial charge < -0.3 is 4.79 Å². The van der Waals surface area contributed by atoms with Crippen molar-refractivity contribution in [3.05, 3.63) is 35.4 Å². The Hall–Kier alpha value is -1.25. The minimum absolute atomic E-state index is 0.00840. The van der Waals surface area contributed by atoms with Crippen molar-refractivity contribution < 1.29 is 13.6 Å². The van der Waals surface area contributed by atoms with Crippen molar-refractivity contribution in [2.24, 2.45) is 0 Å². The van der Waals surface area contributed by atoms with Gasteiger partial charge in [0.25, 0.3) is 5.92 Å². The molecule has 3 heteroatoms. The molecule has 0 aliphatic heterocycles. The van der Waals surface area contributed by atoms with Gasteiger partial charge in [-0.2, -0.15) is 0 Å². The van der Waals surface area contributed by atoms with Gasteiger partial charge in [0, 0.05) is 18.9 Å². The van der Waals surface area contributed by atoms with E-state index >= 15 is 0 Å². The van der Waals surface area contributed by atoms with Gasteiger partial charge in [-0.15, -0.1) is 0 Å². The highest BCUT2D eigenvalue weighted by Gasteiger charge is 2.23. The third kappa shape index (κ3) is 15.4. The lowest BCUT2D eigenvalue weighted by Crippen LogP contribution is -2.06. The van der Waals surface area contributed by atoms with Crippen LogP contribution in [0.3, 0.4) is 0 Å². The Kier molecular flexibility index (Phi) is 15.0. The average Bonchev–Trinajstić information content (AvgIpc) is 2.53. The summed E-state index contributed by atoms with van der Waals surface area (Å²) < 4.78 is 25.7. The van der Waals surface area contributed by atoms with Crippen LogP contribution in [0.15, 0.2) is 24.3 Å². The number of aryl methyl sites for hydroxylation is 1. The Morgan fingerprint density at radius 3 is 1.57 bits per heavy atom. The first kappa shape index (κ1) is 24.0. The molecule has 0 N–H and O–H groups in total. The van der Waals surface area contributed by atoms with Gasteiger partial charge >= 0.3 is 0 Å². The van der Waals surface area contributed by atoms with E-state index in [-0.39, 0.29) is 11.3 Å². The highest BCUT2D eigenvalue weighted by Crippen LogP contribution is 2.26. The van der Waals surface area contributed by atoms with E-state index < -0.39 is 5.92 Å². The summed E-state index contributed by atoms with van der Waals surface area (Å²) in [6.07, 6.45) is 6.35. The van der Waals surface area contributed by atoms with E-state index in [0.29, 0.717) is 12.8 Å². The van der Waals surface area contributed by atoms with Gasteiger partial charge in [0.15, 0.2) is 0 Å². The van der Waals surface area contributed by atoms with Gasteiger partial charge in [-0.3, -0.25) is 0 Å². The summed E-state index contributed by atoms with van der Waals surface area (Å²) in [5.74, 6) is -2.68. The molecule has 0 aliphatic rings. The Balaban J connectivity index is 0. The smallest absolute Gasteiger partial charge is 0.270 e. The van der Waals surface area contributed by atoms with Crippen LogP contribution in [0.25, 0.3) is 0 Å². The van der Waals surface area contributed by atoms with Crippen molar-refractivity contribution in [1.82, 2.24) is 0 Å². The number of alkyl halides is 2. The highest BCUT2D eigenvalue weighted by atomic mass is 19.3. The second kappa shape index (κ2) is 14.3. The maximum absolute atomic E-state index is 12.8. The molecule has 0 aromatic heterocycles. The maximum atomic E-state index is 12.8. The van der Waals surface area contributed by atoms with Crippen LogP contribution in [-0.4, -0.2) is 5.78 Å². The molecule has 0 saturated carbocycles. The molecule has 0 heterocycles. The number of Topliss-reactive ketones (excluding diaryl/α,β-unsaturated/α-hetero) is 1. The molecule has 23 heavy (non-hydrogen) atoms. The van der Waals surface area contributed by atoms with E-state index in [4.69, 9.17) is 0 Å². The molecule has 0 atom stereocenters. The number of ketones is 1. The SMILES string of the molecule is CC(=O)CCc1ccc(C(C)(F)F)cc1.CCCC.CCCC. The van der Waals surface area contributed by atoms with Crippen molar-refractivity contribution in [3.63, 3.8) is 0 Å². The summed E-state index contributed by atoms with van der Waals surface area (Å²) in [7, 11) is 0. The summed E-state index contributed by atoms with van der Waals surface area (Å²) in [4.78, 5) is 10.7. The minimum Gasteiger partial charge on any atom is -0.300 e. The predicted octanol–water partition coefficient (Wildman–Crippen LogP) is 6.93. The average molecular weight is 328 g/mol. The van der Waals surface area contributed by atoms with Crippen molar-refractivity contribution in [2.45, 2.75) is 86.0 Å². The number of halogens is 2. The quantitative estimate of drug-likeness (QED) is 0.553. The molecule has 0 aliphatic carbocycles. The molecule has 1 nitrogen and oxygen atoms in total. The Labute approximate surface area is 141 Å². The Bertz CT molecular complexity index is 383. The second-order valence-electron chi connectivity index (χ2n) is 5.79. The summed E-state index contributed by atoms with van der Waals surface area (Å²) in [6.45, 7) is 11.1. The van der Waals surface area contributed by atoms with Crippen LogP contribution >= 0.6 is 0 Å². The Morgan fingerprint density at radius 2 is 1.30 bits per heavy atom. The zero-order chi connectivity index (χ0) is 18.3. The van der Waals surface area contributed by atoms with Crippen molar-refractivity contribution in [3.8, 4) is 0 Å². The van der Waals surface area contributed by atoms with Gasteiger partial charge in [-0.05, 0) is 18.9 Å². The van der Waals surface area contributed by atoms with Gasteiger partial charge in [-0.1, -0.05) is 77.6 Å². The molecular formula is C20H34F2O. The van der Waals surface area contributed by atoms with Crippen molar-refractivity contribution in [1.29, 1.82) is 0 Å². The van der Waals surface area contributed by atoms with Gasteiger partial charge in [0.1, 0.15) is 5.78 Å². The summed E-state index contributed by atoms with van der Waals surface area (Å²) in [5, 5.41) is 0. The number of hydrogen-bond donors (Lipinski definition) is 0. The fourth-order valence-electron chi connectivity index (χ4n) is 1.28. The molecule has 1 aromatic carbocycles. The van der Waals surface area contributed by atoms with Crippen molar-refractivity contribution >= 4 is 5.78 Å². The number of carbonyl (C=O) groups excluding carboxylic acids is 1. The predicted molar refractivity (Wildman–Crippen MR) is 96.2 cm³/mol. The third-order valence-corrected chi connectivity index (χ3v) is 3.23. The van der Waals surface area contributed by atoms with E-state index in [1.165, 1.54) is 44.7 Å². The topological polar surface area (TPSA) is 17.1 Å². The molecule has 1 aromatic rings. The van der Waals surface area contributed by atoms with Crippen LogP contribution in [0.2, 0.25) is 0 Å².